The molecule has 1 aliphatic heterocycles. The number of fused-ring (bicyclic) bond motifs is 1. The monoisotopic (exact) mass is 1340 g/mol. The van der Waals surface area contributed by atoms with Gasteiger partial charge >= 0.3 is 12.2 Å². The molecule has 1 atom stereocenters. The van der Waals surface area contributed by atoms with Crippen LogP contribution in [0, 0.1) is 12.8 Å². The minimum absolute atomic E-state index is 0.0325. The molecule has 4 aromatic carbocycles. The highest BCUT2D eigenvalue weighted by molar-refractivity contribution is 8.14. The largest absolute Gasteiger partial charge is 0.482 e. The smallest absolute Gasteiger partial charge is 0.407 e. The number of allylic oxidation sites excluding steroid dienone is 3. The van der Waals surface area contributed by atoms with E-state index in [0.717, 1.165) is 32.3 Å². The van der Waals surface area contributed by atoms with E-state index in [0.29, 0.717) is 100 Å². The first-order valence-corrected chi connectivity index (χ1v) is 31.9. The Morgan fingerprint density at radius 2 is 1.24 bits per heavy atom. The zero-order chi connectivity index (χ0) is 65.2. The Morgan fingerprint density at radius 3 is 1.84 bits per heavy atom. The maximum absolute atomic E-state index is 12.7. The highest BCUT2D eigenvalue weighted by atomic mass is 35.5. The molecule has 0 fully saturated rings. The van der Waals surface area contributed by atoms with Crippen molar-refractivity contribution < 1.29 is 47.7 Å². The van der Waals surface area contributed by atoms with Gasteiger partial charge in [-0.25, -0.2) is 9.59 Å². The normalized spacial score (nSPS) is 12.6. The lowest BCUT2D eigenvalue weighted by atomic mass is 9.97. The predicted molar refractivity (Wildman–Crippen MR) is 353 cm³/mol. The van der Waals surface area contributed by atoms with Gasteiger partial charge in [-0.15, -0.1) is 10.2 Å². The molecule has 1 unspecified atom stereocenters. The maximum Gasteiger partial charge on any atom is 0.407 e. The van der Waals surface area contributed by atoms with Crippen LogP contribution in [0.25, 0.3) is 5.57 Å². The van der Waals surface area contributed by atoms with Gasteiger partial charge in [-0.1, -0.05) is 132 Å². The summed E-state index contributed by atoms with van der Waals surface area (Å²) in [6.45, 7) is 13.8. The second-order valence-electron chi connectivity index (χ2n) is 20.8. The number of benzene rings is 4. The van der Waals surface area contributed by atoms with Crippen LogP contribution in [0.3, 0.4) is 0 Å². The third kappa shape index (κ3) is 21.4. The molecule has 4 N–H and O–H groups in total. The number of alkyl carbamates (subject to hydrolysis) is 2. The Labute approximate surface area is 552 Å². The summed E-state index contributed by atoms with van der Waals surface area (Å²) in [6, 6.07) is 22.2. The molecule has 4 amide bonds. The fourth-order valence-corrected chi connectivity index (χ4v) is 10.6. The Morgan fingerprint density at radius 1 is 0.681 bits per heavy atom. The number of amides is 4. The number of nitrogens with zero attached hydrogens (tertiary/aromatic N) is 8. The van der Waals surface area contributed by atoms with Gasteiger partial charge < -0.3 is 45.1 Å². The Bertz CT molecular complexity index is 3650. The summed E-state index contributed by atoms with van der Waals surface area (Å²) in [7, 11) is 0. The highest BCUT2D eigenvalue weighted by Gasteiger charge is 2.23. The van der Waals surface area contributed by atoms with Crippen LogP contribution in [0.1, 0.15) is 103 Å². The maximum atomic E-state index is 12.7. The lowest BCUT2D eigenvalue weighted by Gasteiger charge is -2.27. The number of ketones is 2. The number of halogens is 4. The molecule has 27 heteroatoms. The van der Waals surface area contributed by atoms with E-state index in [1.165, 1.54) is 18.2 Å². The molecule has 0 radical (unpaired) electrons. The number of carbonyl (C=O) groups excluding carboxylic acids is 6. The lowest BCUT2D eigenvalue weighted by molar-refractivity contribution is -0.123. The highest BCUT2D eigenvalue weighted by Crippen LogP contribution is 2.38. The summed E-state index contributed by atoms with van der Waals surface area (Å²) in [5.74, 6) is -0.996. The van der Waals surface area contributed by atoms with E-state index in [4.69, 9.17) is 70.3 Å². The molecule has 0 saturated carbocycles. The number of para-hydroxylation sites is 1. The number of aryl methyl sites for hydroxylation is 3. The molecule has 7 rings (SSSR count). The third-order valence-corrected chi connectivity index (χ3v) is 16.9. The van der Waals surface area contributed by atoms with E-state index in [9.17, 15) is 28.8 Å². The summed E-state index contributed by atoms with van der Waals surface area (Å²) in [6.07, 6.45) is 11.6. The topological polar surface area (TPSA) is 264 Å². The van der Waals surface area contributed by atoms with Gasteiger partial charge in [-0.3, -0.25) is 33.5 Å². The van der Waals surface area contributed by atoms with Crippen molar-refractivity contribution in [1.29, 1.82) is 0 Å². The quantitative estimate of drug-likeness (QED) is 0.00730. The van der Waals surface area contributed by atoms with Gasteiger partial charge in [0.25, 0.3) is 11.8 Å². The van der Waals surface area contributed by atoms with Gasteiger partial charge in [-0.05, 0) is 104 Å². The van der Waals surface area contributed by atoms with E-state index in [2.05, 4.69) is 84.6 Å². The van der Waals surface area contributed by atoms with Gasteiger partial charge in [-0.2, -0.15) is 0 Å². The van der Waals surface area contributed by atoms with E-state index >= 15 is 0 Å². The summed E-state index contributed by atoms with van der Waals surface area (Å²) in [5.41, 5.74) is 6.06. The number of aromatic nitrogens is 6. The first kappa shape index (κ1) is 70.2. The van der Waals surface area contributed by atoms with Crippen LogP contribution in [-0.4, -0.2) is 123 Å². The van der Waals surface area contributed by atoms with Crippen molar-refractivity contribution in [3.63, 3.8) is 0 Å². The molecule has 22 nitrogen and oxygen atoms in total. The zero-order valence-corrected chi connectivity index (χ0v) is 54.7. The SMILES string of the molecule is C=C(CC)C(=O)c1ccc(OCC(=O)NCCCn2cc(CNC(=O)OCCCN3C=C/C(=C\C(=N/CCCOC(=O)NCc4cn(CCCNC(=O)COc5ccc(C(=O)C(C)CC)c(Cl)c5Cl)nn4)Sc4ccccc4C)c4ccccc43)nn2)c(Cl)c1Cl. The summed E-state index contributed by atoms with van der Waals surface area (Å²) in [5, 5.41) is 28.5. The van der Waals surface area contributed by atoms with Crippen LogP contribution in [0.4, 0.5) is 15.3 Å². The second kappa shape index (κ2) is 36.0. The average Bonchev–Trinajstić information content (AvgIpc) is 1.52. The summed E-state index contributed by atoms with van der Waals surface area (Å²) < 4.78 is 25.3. The number of nitrogens with one attached hydrogen (secondary N) is 4. The Kier molecular flexibility index (Phi) is 27.8. The van der Waals surface area contributed by atoms with Crippen LogP contribution >= 0.6 is 58.2 Å². The van der Waals surface area contributed by atoms with Crippen LogP contribution in [0.15, 0.2) is 126 Å². The van der Waals surface area contributed by atoms with Crippen molar-refractivity contribution in [2.75, 3.05) is 57.5 Å². The van der Waals surface area contributed by atoms with Crippen molar-refractivity contribution in [3.8, 4) is 11.5 Å². The minimum atomic E-state index is -0.602. The molecule has 6 aromatic rings. The van der Waals surface area contributed by atoms with Crippen LogP contribution in [0.5, 0.6) is 11.5 Å². The van der Waals surface area contributed by atoms with Crippen LogP contribution < -0.4 is 35.6 Å². The van der Waals surface area contributed by atoms with Gasteiger partial charge in [0.1, 0.15) is 32.9 Å². The lowest BCUT2D eigenvalue weighted by Crippen LogP contribution is -2.30. The number of Topliss-reactive ketones (excluding diaryl/α,β-unsaturated/α-hetero) is 2. The van der Waals surface area contributed by atoms with Gasteiger partial charge in [0.15, 0.2) is 24.8 Å². The molecule has 91 heavy (non-hydrogen) atoms. The number of rotatable bonds is 34. The molecular weight excluding hydrogens is 1270 g/mol. The number of anilines is 1. The Balaban J connectivity index is 0.780. The molecule has 482 valence electrons. The van der Waals surface area contributed by atoms with Crippen molar-refractivity contribution in [2.45, 2.75) is 97.3 Å². The summed E-state index contributed by atoms with van der Waals surface area (Å²) >= 11 is 26.9. The number of hydrogen-bond donors (Lipinski definition) is 4. The number of ether oxygens (including phenoxy) is 4. The number of aliphatic imine (C=N–C) groups is 1. The standard InChI is InChI=1S/C64H72Cl4N12O10S/c1-6-41(3)61(83)48-20-22-51(59(67)57(48)65)89-39-54(81)69-25-12-29-79-37-45(74-76-79)35-72-63(85)87-32-14-27-71-56(91-53-19-11-8-16-43(53)5)34-44-24-31-78(50-18-10-9-17-47(44)50)28-15-33-88-64(86)73-36-46-38-80(77-75-46)30-13-26-70-55(82)40-90-52-23-21-49(58(66)60(52)68)62(84)42(4)7-2/h8-11,16-24,31,34,37-38,41H,4,6-7,12-15,25-30,32-33,35-36,39-40H2,1-3,5H3,(H,69,81)(H,70,82)(H,72,85)(H,73,86)/b44-34+,71-56+. The molecule has 0 bridgehead atoms. The first-order valence-electron chi connectivity index (χ1n) is 29.6. The van der Waals surface area contributed by atoms with Gasteiger partial charge in [0.05, 0.1) is 53.8 Å². The van der Waals surface area contributed by atoms with E-state index in [-0.39, 0.29) is 106 Å². The van der Waals surface area contributed by atoms with E-state index in [1.807, 2.05) is 63.4 Å². The van der Waals surface area contributed by atoms with Crippen LogP contribution in [0.2, 0.25) is 20.1 Å². The second-order valence-corrected chi connectivity index (χ2v) is 23.3. The number of thioether (sulfide) groups is 1. The number of hydrogen-bond acceptors (Lipinski definition) is 17. The van der Waals surface area contributed by atoms with Crippen LogP contribution in [-0.2, 0) is 45.2 Å². The molecule has 3 heterocycles. The molecule has 0 spiro atoms. The van der Waals surface area contributed by atoms with Crippen molar-refractivity contribution in [2.24, 2.45) is 10.9 Å². The predicted octanol–water partition coefficient (Wildman–Crippen LogP) is 11.9. The molecular formula is C64H72Cl4N12O10S. The summed E-state index contributed by atoms with van der Waals surface area (Å²) in [4.78, 5) is 83.5. The van der Waals surface area contributed by atoms with Crippen molar-refractivity contribution in [1.82, 2.24) is 51.3 Å². The van der Waals surface area contributed by atoms with E-state index < -0.39 is 12.2 Å². The molecule has 1 aliphatic rings. The Hall–Kier alpha value is -8.22. The van der Waals surface area contributed by atoms with Gasteiger partial charge in [0.2, 0.25) is 0 Å². The van der Waals surface area contributed by atoms with Crippen molar-refractivity contribution in [3.05, 3.63) is 169 Å². The minimum Gasteiger partial charge on any atom is -0.482 e. The fourth-order valence-electron chi connectivity index (χ4n) is 8.74. The molecule has 0 saturated heterocycles. The average molecular weight is 1340 g/mol. The first-order chi connectivity index (χ1) is 43.9. The number of carbonyl (C=O) groups is 6. The zero-order valence-electron chi connectivity index (χ0n) is 50.9. The van der Waals surface area contributed by atoms with E-state index in [1.54, 1.807) is 39.6 Å². The fraction of sp³-hybridized carbons (Fsp3) is 0.359. The van der Waals surface area contributed by atoms with Gasteiger partial charge in [0, 0.05) is 85.1 Å². The molecule has 0 aliphatic carbocycles. The third-order valence-electron chi connectivity index (χ3n) is 14.0. The molecule has 2 aromatic heterocycles. The van der Waals surface area contributed by atoms with Crippen molar-refractivity contribution >= 4 is 110 Å².